The van der Waals surface area contributed by atoms with Gasteiger partial charge >= 0.3 is 6.18 Å². The van der Waals surface area contributed by atoms with Gasteiger partial charge in [0.15, 0.2) is 0 Å². The molecular weight excluding hydrogens is 290 g/mol. The number of hydrogen-bond donors (Lipinski definition) is 0. The maximum atomic E-state index is 13.2. The lowest BCUT2D eigenvalue weighted by atomic mass is 10.1. The zero-order valence-corrected chi connectivity index (χ0v) is 11.5. The number of rotatable bonds is 1. The van der Waals surface area contributed by atoms with Gasteiger partial charge in [-0.25, -0.2) is 4.39 Å². The van der Waals surface area contributed by atoms with E-state index < -0.39 is 12.7 Å². The summed E-state index contributed by atoms with van der Waals surface area (Å²) in [5, 5.41) is 0.986. The molecule has 0 spiro atoms. The average molecular weight is 303 g/mol. The first-order valence-electron chi connectivity index (χ1n) is 6.41. The van der Waals surface area contributed by atoms with Crippen molar-refractivity contribution >= 4 is 21.4 Å². The molecule has 1 aromatic heterocycles. The molecule has 0 amide bonds. The molecule has 2 heterocycles. The van der Waals surface area contributed by atoms with Crippen LogP contribution in [0.2, 0.25) is 0 Å². The molecule has 0 N–H and O–H groups in total. The van der Waals surface area contributed by atoms with Gasteiger partial charge in [-0.05, 0) is 35.9 Å². The standard InChI is InChI=1S/C14H13F4NS/c15-9-1-2-10-11-3-5-19(8-14(16,17)18)6-4-12(11)20-13(10)7-9/h1-2,7H,3-6,8H2. The van der Waals surface area contributed by atoms with Gasteiger partial charge in [0.2, 0.25) is 0 Å². The van der Waals surface area contributed by atoms with Crippen molar-refractivity contribution in [3.8, 4) is 0 Å². The molecular formula is C14H13F4NS. The average Bonchev–Trinajstić information content (AvgIpc) is 2.56. The summed E-state index contributed by atoms with van der Waals surface area (Å²) in [5.41, 5.74) is 1.09. The molecule has 6 heteroatoms. The van der Waals surface area contributed by atoms with Crippen molar-refractivity contribution in [1.29, 1.82) is 0 Å². The first kappa shape index (κ1) is 13.8. The normalized spacial score (nSPS) is 17.2. The molecule has 20 heavy (non-hydrogen) atoms. The molecule has 0 radical (unpaired) electrons. The Bertz CT molecular complexity index is 632. The summed E-state index contributed by atoms with van der Waals surface area (Å²) in [6, 6.07) is 4.65. The van der Waals surface area contributed by atoms with Crippen LogP contribution in [0.4, 0.5) is 17.6 Å². The Morgan fingerprint density at radius 1 is 1.15 bits per heavy atom. The molecule has 0 aliphatic carbocycles. The first-order chi connectivity index (χ1) is 9.42. The summed E-state index contributed by atoms with van der Waals surface area (Å²) in [6.07, 6.45) is -2.95. The highest BCUT2D eigenvalue weighted by molar-refractivity contribution is 7.19. The minimum atomic E-state index is -4.15. The van der Waals surface area contributed by atoms with E-state index in [1.165, 1.54) is 28.4 Å². The van der Waals surface area contributed by atoms with Crippen molar-refractivity contribution < 1.29 is 17.6 Å². The highest BCUT2D eigenvalue weighted by Gasteiger charge is 2.31. The van der Waals surface area contributed by atoms with Gasteiger partial charge in [0.25, 0.3) is 0 Å². The second kappa shape index (κ2) is 5.00. The van der Waals surface area contributed by atoms with Crippen LogP contribution in [0.15, 0.2) is 18.2 Å². The molecule has 1 aromatic carbocycles. The first-order valence-corrected chi connectivity index (χ1v) is 7.23. The third-order valence-corrected chi connectivity index (χ3v) is 4.83. The molecule has 0 bridgehead atoms. The lowest BCUT2D eigenvalue weighted by molar-refractivity contribution is -0.145. The van der Waals surface area contributed by atoms with Crippen LogP contribution in [0.3, 0.4) is 0 Å². The molecule has 1 aliphatic heterocycles. The topological polar surface area (TPSA) is 3.24 Å². The zero-order chi connectivity index (χ0) is 14.3. The van der Waals surface area contributed by atoms with Gasteiger partial charge in [0.1, 0.15) is 5.82 Å². The van der Waals surface area contributed by atoms with Crippen molar-refractivity contribution in [1.82, 2.24) is 4.90 Å². The number of hydrogen-bond acceptors (Lipinski definition) is 2. The largest absolute Gasteiger partial charge is 0.401 e. The van der Waals surface area contributed by atoms with Gasteiger partial charge in [-0.2, -0.15) is 13.2 Å². The van der Waals surface area contributed by atoms with Gasteiger partial charge in [0, 0.05) is 22.7 Å². The summed E-state index contributed by atoms with van der Waals surface area (Å²) in [4.78, 5) is 2.54. The monoisotopic (exact) mass is 303 g/mol. The second-order valence-corrected chi connectivity index (χ2v) is 6.17. The van der Waals surface area contributed by atoms with Crippen LogP contribution in [-0.2, 0) is 12.8 Å². The van der Waals surface area contributed by atoms with Crippen molar-refractivity contribution in [3.63, 3.8) is 0 Å². The molecule has 0 unspecified atom stereocenters. The van der Waals surface area contributed by atoms with Crippen LogP contribution >= 0.6 is 11.3 Å². The van der Waals surface area contributed by atoms with Crippen LogP contribution < -0.4 is 0 Å². The van der Waals surface area contributed by atoms with Gasteiger partial charge in [-0.1, -0.05) is 6.07 Å². The van der Waals surface area contributed by atoms with Gasteiger partial charge in [0.05, 0.1) is 6.54 Å². The zero-order valence-electron chi connectivity index (χ0n) is 10.6. The second-order valence-electron chi connectivity index (χ2n) is 5.04. The number of fused-ring (bicyclic) bond motifs is 3. The van der Waals surface area contributed by atoms with Crippen LogP contribution in [-0.4, -0.2) is 30.7 Å². The Balaban J connectivity index is 1.85. The van der Waals surface area contributed by atoms with Crippen molar-refractivity contribution in [2.75, 3.05) is 19.6 Å². The lowest BCUT2D eigenvalue weighted by Crippen LogP contribution is -2.35. The Morgan fingerprint density at radius 3 is 2.65 bits per heavy atom. The van der Waals surface area contributed by atoms with E-state index in [-0.39, 0.29) is 5.82 Å². The Morgan fingerprint density at radius 2 is 1.90 bits per heavy atom. The number of nitrogens with zero attached hydrogens (tertiary/aromatic N) is 1. The van der Waals surface area contributed by atoms with Crippen LogP contribution in [0, 0.1) is 5.82 Å². The Hall–Kier alpha value is -1.14. The lowest BCUT2D eigenvalue weighted by Gasteiger charge is -2.21. The summed E-state index contributed by atoms with van der Waals surface area (Å²) >= 11 is 1.50. The van der Waals surface area contributed by atoms with E-state index in [9.17, 15) is 17.6 Å². The minimum absolute atomic E-state index is 0.271. The van der Waals surface area contributed by atoms with Crippen LogP contribution in [0.25, 0.3) is 10.1 Å². The molecule has 108 valence electrons. The number of benzene rings is 1. The molecule has 2 aromatic rings. The molecule has 0 atom stereocenters. The quantitative estimate of drug-likeness (QED) is 0.720. The molecule has 1 nitrogen and oxygen atoms in total. The van der Waals surface area contributed by atoms with Crippen LogP contribution in [0.1, 0.15) is 10.4 Å². The van der Waals surface area contributed by atoms with Crippen molar-refractivity contribution in [2.24, 2.45) is 0 Å². The maximum absolute atomic E-state index is 13.2. The highest BCUT2D eigenvalue weighted by atomic mass is 32.1. The fourth-order valence-electron chi connectivity index (χ4n) is 2.70. The third-order valence-electron chi connectivity index (χ3n) is 3.57. The molecule has 1 aliphatic rings. The minimum Gasteiger partial charge on any atom is -0.294 e. The van der Waals surface area contributed by atoms with E-state index in [0.29, 0.717) is 25.9 Å². The maximum Gasteiger partial charge on any atom is 0.401 e. The van der Waals surface area contributed by atoms with E-state index in [2.05, 4.69) is 0 Å². The number of thiophene rings is 1. The van der Waals surface area contributed by atoms with E-state index >= 15 is 0 Å². The van der Waals surface area contributed by atoms with E-state index in [0.717, 1.165) is 20.5 Å². The number of alkyl halides is 3. The van der Waals surface area contributed by atoms with Gasteiger partial charge < -0.3 is 0 Å². The van der Waals surface area contributed by atoms with Crippen molar-refractivity contribution in [2.45, 2.75) is 19.0 Å². The molecule has 0 saturated carbocycles. The highest BCUT2D eigenvalue weighted by Crippen LogP contribution is 2.34. The summed E-state index contributed by atoms with van der Waals surface area (Å²) in [5.74, 6) is -0.271. The van der Waals surface area contributed by atoms with Gasteiger partial charge in [-0.15, -0.1) is 11.3 Å². The van der Waals surface area contributed by atoms with Gasteiger partial charge in [-0.3, -0.25) is 4.90 Å². The predicted octanol–water partition coefficient (Wildman–Crippen LogP) is 4.00. The smallest absolute Gasteiger partial charge is 0.294 e. The fourth-order valence-corrected chi connectivity index (χ4v) is 3.97. The molecule has 3 rings (SSSR count). The SMILES string of the molecule is Fc1ccc2c3c(sc2c1)CCN(CC(F)(F)F)CC3. The summed E-state index contributed by atoms with van der Waals surface area (Å²) < 4.78 is 51.4. The summed E-state index contributed by atoms with van der Waals surface area (Å²) in [7, 11) is 0. The predicted molar refractivity (Wildman–Crippen MR) is 71.7 cm³/mol. The summed E-state index contributed by atoms with van der Waals surface area (Å²) in [6.45, 7) is -0.0496. The van der Waals surface area contributed by atoms with E-state index in [1.807, 2.05) is 0 Å². The number of halogens is 4. The molecule has 0 saturated heterocycles. The van der Waals surface area contributed by atoms with E-state index in [4.69, 9.17) is 0 Å². The molecule has 0 fully saturated rings. The Labute approximate surface area is 117 Å². The van der Waals surface area contributed by atoms with E-state index in [1.54, 1.807) is 6.07 Å². The third kappa shape index (κ3) is 2.81. The Kier molecular flexibility index (Phi) is 3.46. The van der Waals surface area contributed by atoms with Crippen LogP contribution in [0.5, 0.6) is 0 Å². The van der Waals surface area contributed by atoms with Crippen molar-refractivity contribution in [3.05, 3.63) is 34.5 Å². The fraction of sp³-hybridized carbons (Fsp3) is 0.429.